The third kappa shape index (κ3) is 3.36. The largest absolute Gasteiger partial charge is 0.383 e. The zero-order chi connectivity index (χ0) is 12.1. The van der Waals surface area contributed by atoms with Crippen LogP contribution in [-0.2, 0) is 6.54 Å². The number of nitrogens with zero attached hydrogens (tertiary/aromatic N) is 1. The van der Waals surface area contributed by atoms with Crippen LogP contribution in [0.1, 0.15) is 0 Å². The van der Waals surface area contributed by atoms with Gasteiger partial charge in [0.15, 0.2) is 0 Å². The molecule has 0 spiro atoms. The number of pyridine rings is 1. The summed E-state index contributed by atoms with van der Waals surface area (Å²) >= 11 is 5.79. The van der Waals surface area contributed by atoms with Gasteiger partial charge in [-0.25, -0.2) is 0 Å². The number of aromatic nitrogens is 1. The van der Waals surface area contributed by atoms with E-state index in [0.29, 0.717) is 13.1 Å². The van der Waals surface area contributed by atoms with Crippen LogP contribution in [-0.4, -0.2) is 11.1 Å². The number of hydrogen-bond donors (Lipinski definition) is 1. The lowest BCUT2D eigenvalue weighted by Crippen LogP contribution is -2.21. The van der Waals surface area contributed by atoms with Crippen LogP contribution < -0.4 is 10.9 Å². The smallest absolute Gasteiger partial charge is 0.250 e. The van der Waals surface area contributed by atoms with Crippen LogP contribution >= 0.6 is 11.6 Å². The van der Waals surface area contributed by atoms with E-state index in [1.165, 1.54) is 0 Å². The van der Waals surface area contributed by atoms with Crippen molar-refractivity contribution in [1.29, 1.82) is 0 Å². The van der Waals surface area contributed by atoms with E-state index in [0.717, 1.165) is 10.7 Å². The minimum Gasteiger partial charge on any atom is -0.383 e. The second kappa shape index (κ2) is 5.55. The molecule has 0 amide bonds. The maximum atomic E-state index is 11.4. The average molecular weight is 249 g/mol. The standard InChI is InChI=1S/C13H13ClN2O/c14-11-4-6-12(7-5-11)15-8-10-16-9-2-1-3-13(16)17/h1-7,9,15H,8,10H2. The molecule has 3 nitrogen and oxygen atoms in total. The van der Waals surface area contributed by atoms with Gasteiger partial charge in [-0.1, -0.05) is 17.7 Å². The Balaban J connectivity index is 1.90. The van der Waals surface area contributed by atoms with Crippen molar-refractivity contribution in [1.82, 2.24) is 4.57 Å². The molecular formula is C13H13ClN2O. The topological polar surface area (TPSA) is 34.0 Å². The molecule has 0 fully saturated rings. The quantitative estimate of drug-likeness (QED) is 0.903. The van der Waals surface area contributed by atoms with Crippen LogP contribution in [0, 0.1) is 0 Å². The highest BCUT2D eigenvalue weighted by atomic mass is 35.5. The van der Waals surface area contributed by atoms with E-state index in [9.17, 15) is 4.79 Å². The summed E-state index contributed by atoms with van der Waals surface area (Å²) in [4.78, 5) is 11.4. The van der Waals surface area contributed by atoms with Crippen molar-refractivity contribution >= 4 is 17.3 Å². The Kier molecular flexibility index (Phi) is 3.83. The van der Waals surface area contributed by atoms with Crippen LogP contribution in [0.2, 0.25) is 5.02 Å². The minimum atomic E-state index is 0.0189. The second-order valence-corrected chi connectivity index (χ2v) is 4.10. The highest BCUT2D eigenvalue weighted by Gasteiger charge is 1.94. The molecule has 0 atom stereocenters. The normalized spacial score (nSPS) is 10.2. The number of hydrogen-bond acceptors (Lipinski definition) is 2. The summed E-state index contributed by atoms with van der Waals surface area (Å²) in [6.07, 6.45) is 1.78. The van der Waals surface area contributed by atoms with Gasteiger partial charge in [-0.2, -0.15) is 0 Å². The molecule has 0 radical (unpaired) electrons. The van der Waals surface area contributed by atoms with Crippen molar-refractivity contribution in [2.75, 3.05) is 11.9 Å². The average Bonchev–Trinajstić information content (AvgIpc) is 2.34. The fraction of sp³-hybridized carbons (Fsp3) is 0.154. The molecule has 17 heavy (non-hydrogen) atoms. The first-order valence-electron chi connectivity index (χ1n) is 5.40. The predicted molar refractivity (Wildman–Crippen MR) is 70.6 cm³/mol. The molecule has 1 N–H and O–H groups in total. The van der Waals surface area contributed by atoms with Crippen molar-refractivity contribution in [2.24, 2.45) is 0 Å². The molecule has 1 heterocycles. The fourth-order valence-corrected chi connectivity index (χ4v) is 1.66. The number of halogens is 1. The lowest BCUT2D eigenvalue weighted by Gasteiger charge is -2.08. The van der Waals surface area contributed by atoms with Gasteiger partial charge in [0.25, 0.3) is 5.56 Å². The van der Waals surface area contributed by atoms with Crippen LogP contribution in [0.25, 0.3) is 0 Å². The zero-order valence-corrected chi connectivity index (χ0v) is 10.0. The molecule has 0 aliphatic rings. The van der Waals surface area contributed by atoms with Gasteiger partial charge in [0.1, 0.15) is 0 Å². The summed E-state index contributed by atoms with van der Waals surface area (Å²) < 4.78 is 1.67. The number of nitrogens with one attached hydrogen (secondary N) is 1. The van der Waals surface area contributed by atoms with E-state index in [1.807, 2.05) is 30.3 Å². The van der Waals surface area contributed by atoms with Crippen molar-refractivity contribution in [3.63, 3.8) is 0 Å². The molecule has 1 aromatic heterocycles. The first-order valence-corrected chi connectivity index (χ1v) is 5.78. The third-order valence-corrected chi connectivity index (χ3v) is 2.68. The monoisotopic (exact) mass is 248 g/mol. The molecule has 1 aromatic carbocycles. The molecule has 0 saturated carbocycles. The van der Waals surface area contributed by atoms with Crippen molar-refractivity contribution in [3.05, 3.63) is 64.0 Å². The first-order chi connectivity index (χ1) is 8.25. The van der Waals surface area contributed by atoms with Gasteiger partial charge in [-0.15, -0.1) is 0 Å². The summed E-state index contributed by atoms with van der Waals surface area (Å²) in [7, 11) is 0. The molecule has 0 saturated heterocycles. The predicted octanol–water partition coefficient (Wildman–Crippen LogP) is 2.61. The highest BCUT2D eigenvalue weighted by molar-refractivity contribution is 6.30. The Morgan fingerprint density at radius 2 is 1.88 bits per heavy atom. The van der Waals surface area contributed by atoms with Crippen molar-refractivity contribution < 1.29 is 0 Å². The summed E-state index contributed by atoms with van der Waals surface area (Å²) in [6.45, 7) is 1.34. The fourth-order valence-electron chi connectivity index (χ4n) is 1.53. The van der Waals surface area contributed by atoms with Crippen LogP contribution in [0.5, 0.6) is 0 Å². The zero-order valence-electron chi connectivity index (χ0n) is 9.27. The van der Waals surface area contributed by atoms with Crippen molar-refractivity contribution in [2.45, 2.75) is 6.54 Å². The van der Waals surface area contributed by atoms with Crippen LogP contribution in [0.4, 0.5) is 5.69 Å². The van der Waals surface area contributed by atoms with Crippen molar-refractivity contribution in [3.8, 4) is 0 Å². The van der Waals surface area contributed by atoms with E-state index in [2.05, 4.69) is 5.32 Å². The van der Waals surface area contributed by atoms with E-state index in [4.69, 9.17) is 11.6 Å². The Morgan fingerprint density at radius 3 is 2.59 bits per heavy atom. The Bertz CT molecular complexity index is 534. The Morgan fingerprint density at radius 1 is 1.12 bits per heavy atom. The summed E-state index contributed by atoms with van der Waals surface area (Å²) in [6, 6.07) is 12.6. The molecule has 2 rings (SSSR count). The molecule has 88 valence electrons. The number of benzene rings is 1. The van der Waals surface area contributed by atoms with Gasteiger partial charge in [0.2, 0.25) is 0 Å². The first kappa shape index (κ1) is 11.7. The van der Waals surface area contributed by atoms with E-state index >= 15 is 0 Å². The number of rotatable bonds is 4. The third-order valence-electron chi connectivity index (χ3n) is 2.43. The van der Waals surface area contributed by atoms with Gasteiger partial charge in [-0.05, 0) is 30.3 Å². The number of anilines is 1. The maximum absolute atomic E-state index is 11.4. The van der Waals surface area contributed by atoms with Gasteiger partial charge in [0, 0.05) is 36.1 Å². The van der Waals surface area contributed by atoms with Gasteiger partial charge < -0.3 is 9.88 Å². The Labute approximate surface area is 105 Å². The van der Waals surface area contributed by atoms with Gasteiger partial charge in [-0.3, -0.25) is 4.79 Å². The van der Waals surface area contributed by atoms with Gasteiger partial charge in [0.05, 0.1) is 0 Å². The Hall–Kier alpha value is -1.74. The molecule has 0 aliphatic heterocycles. The molecule has 0 bridgehead atoms. The van der Waals surface area contributed by atoms with Crippen LogP contribution in [0.15, 0.2) is 53.5 Å². The van der Waals surface area contributed by atoms with Gasteiger partial charge >= 0.3 is 0 Å². The van der Waals surface area contributed by atoms with E-state index in [1.54, 1.807) is 22.9 Å². The highest BCUT2D eigenvalue weighted by Crippen LogP contribution is 2.12. The molecule has 0 aliphatic carbocycles. The molecule has 0 unspecified atom stereocenters. The molecular weight excluding hydrogens is 236 g/mol. The minimum absolute atomic E-state index is 0.0189. The molecule has 4 heteroatoms. The lowest BCUT2D eigenvalue weighted by molar-refractivity contribution is 0.697. The maximum Gasteiger partial charge on any atom is 0.250 e. The van der Waals surface area contributed by atoms with E-state index in [-0.39, 0.29) is 5.56 Å². The SMILES string of the molecule is O=c1ccccn1CCNc1ccc(Cl)cc1. The van der Waals surface area contributed by atoms with Crippen LogP contribution in [0.3, 0.4) is 0 Å². The molecule has 2 aromatic rings. The summed E-state index contributed by atoms with van der Waals surface area (Å²) in [5.74, 6) is 0. The second-order valence-electron chi connectivity index (χ2n) is 3.67. The van der Waals surface area contributed by atoms with E-state index < -0.39 is 0 Å². The summed E-state index contributed by atoms with van der Waals surface area (Å²) in [5.41, 5.74) is 1.02. The summed E-state index contributed by atoms with van der Waals surface area (Å²) in [5, 5.41) is 3.95. The lowest BCUT2D eigenvalue weighted by atomic mass is 10.3.